The van der Waals surface area contributed by atoms with Gasteiger partial charge in [0, 0.05) is 39.0 Å². The molecule has 0 spiro atoms. The third-order valence-corrected chi connectivity index (χ3v) is 7.84. The number of carbonyl (C=O) groups excluding carboxylic acids is 1. The van der Waals surface area contributed by atoms with Gasteiger partial charge in [-0.2, -0.15) is 4.31 Å². The molecule has 0 radical (unpaired) electrons. The molecule has 0 saturated heterocycles. The Hall–Kier alpha value is -2.41. The number of hydrogen-bond acceptors (Lipinski definition) is 7. The molecule has 1 amide bonds. The molecule has 10 nitrogen and oxygen atoms in total. The molecular weight excluding hydrogens is 465 g/mol. The number of hydrogen-bond donors (Lipinski definition) is 1. The number of aliphatic hydroxyl groups excluding tert-OH is 1. The van der Waals surface area contributed by atoms with Crippen LogP contribution >= 0.6 is 0 Å². The molecule has 3 rings (SSSR count). The van der Waals surface area contributed by atoms with Gasteiger partial charge < -0.3 is 14.7 Å². The number of aromatic nitrogens is 3. The van der Waals surface area contributed by atoms with Crippen LogP contribution in [-0.2, 0) is 32.7 Å². The van der Waals surface area contributed by atoms with Crippen LogP contribution in [0.1, 0.15) is 32.4 Å². The Morgan fingerprint density at radius 3 is 2.71 bits per heavy atom. The Morgan fingerprint density at radius 1 is 1.32 bits per heavy atom. The van der Waals surface area contributed by atoms with Crippen molar-refractivity contribution in [3.8, 4) is 0 Å². The van der Waals surface area contributed by atoms with Crippen LogP contribution in [0.3, 0.4) is 0 Å². The zero-order chi connectivity index (χ0) is 24.9. The van der Waals surface area contributed by atoms with E-state index in [4.69, 9.17) is 4.74 Å². The number of aryl methyl sites for hydroxylation is 1. The topological polar surface area (TPSA) is 118 Å². The second-order valence-corrected chi connectivity index (χ2v) is 10.8. The molecule has 3 atom stereocenters. The van der Waals surface area contributed by atoms with Crippen molar-refractivity contribution in [2.24, 2.45) is 5.92 Å². The lowest BCUT2D eigenvalue weighted by molar-refractivity contribution is -0.136. The second kappa shape index (κ2) is 11.3. The number of halogens is 1. The fourth-order valence-corrected chi connectivity index (χ4v) is 5.01. The molecule has 34 heavy (non-hydrogen) atoms. The summed E-state index contributed by atoms with van der Waals surface area (Å²) < 4.78 is 48.3. The van der Waals surface area contributed by atoms with Crippen LogP contribution in [-0.4, -0.2) is 82.5 Å². The lowest BCUT2D eigenvalue weighted by Crippen LogP contribution is -2.47. The SMILES string of the molecule is C[C@@H]1CN([C@@H](C)CO)C(=O)CCCn2cc(nn2)CO[C@@H]1CN(C)S(=O)(=O)c1ccc(F)cc1. The van der Waals surface area contributed by atoms with Gasteiger partial charge in [0.05, 0.1) is 36.5 Å². The fourth-order valence-electron chi connectivity index (χ4n) is 3.83. The van der Waals surface area contributed by atoms with Crippen LogP contribution in [0.15, 0.2) is 35.4 Å². The zero-order valence-corrected chi connectivity index (χ0v) is 20.5. The van der Waals surface area contributed by atoms with Gasteiger partial charge >= 0.3 is 0 Å². The second-order valence-electron chi connectivity index (χ2n) is 8.72. The van der Waals surface area contributed by atoms with Crippen LogP contribution in [0.25, 0.3) is 0 Å². The molecule has 1 aromatic carbocycles. The Bertz CT molecular complexity index is 1060. The summed E-state index contributed by atoms with van der Waals surface area (Å²) in [5.74, 6) is -0.886. The first-order valence-corrected chi connectivity index (χ1v) is 12.7. The quantitative estimate of drug-likeness (QED) is 0.638. The van der Waals surface area contributed by atoms with Crippen LogP contribution < -0.4 is 0 Å². The summed E-state index contributed by atoms with van der Waals surface area (Å²) >= 11 is 0. The van der Waals surface area contributed by atoms with E-state index in [1.807, 2.05) is 6.92 Å². The van der Waals surface area contributed by atoms with Crippen molar-refractivity contribution in [2.45, 2.75) is 56.9 Å². The normalized spacial score (nSPS) is 21.6. The van der Waals surface area contributed by atoms with Gasteiger partial charge in [-0.25, -0.2) is 12.8 Å². The van der Waals surface area contributed by atoms with Crippen LogP contribution in [0.2, 0.25) is 0 Å². The van der Waals surface area contributed by atoms with Crippen molar-refractivity contribution in [3.63, 3.8) is 0 Å². The third-order valence-electron chi connectivity index (χ3n) is 6.00. The molecule has 1 aliphatic heterocycles. The molecule has 0 aliphatic carbocycles. The molecule has 1 aliphatic rings. The van der Waals surface area contributed by atoms with Crippen molar-refractivity contribution in [3.05, 3.63) is 42.0 Å². The van der Waals surface area contributed by atoms with Crippen LogP contribution in [0.4, 0.5) is 4.39 Å². The van der Waals surface area contributed by atoms with E-state index in [2.05, 4.69) is 10.3 Å². The van der Waals surface area contributed by atoms with E-state index in [0.29, 0.717) is 25.2 Å². The summed E-state index contributed by atoms with van der Waals surface area (Å²) in [5.41, 5.74) is 0.604. The Labute approximate surface area is 199 Å². The number of fused-ring (bicyclic) bond motifs is 2. The Balaban J connectivity index is 1.85. The summed E-state index contributed by atoms with van der Waals surface area (Å²) in [6.07, 6.45) is 2.02. The number of nitrogens with zero attached hydrogens (tertiary/aromatic N) is 5. The zero-order valence-electron chi connectivity index (χ0n) is 19.7. The highest BCUT2D eigenvalue weighted by molar-refractivity contribution is 7.89. The van der Waals surface area contributed by atoms with Crippen molar-refractivity contribution in [1.82, 2.24) is 24.2 Å². The first kappa shape index (κ1) is 26.2. The molecule has 12 heteroatoms. The molecule has 2 aromatic rings. The van der Waals surface area contributed by atoms with E-state index in [9.17, 15) is 22.7 Å². The maximum atomic E-state index is 13.3. The van der Waals surface area contributed by atoms with E-state index in [1.54, 1.807) is 22.7 Å². The maximum Gasteiger partial charge on any atom is 0.242 e. The number of benzene rings is 1. The number of rotatable bonds is 6. The fraction of sp³-hybridized carbons (Fsp3) is 0.591. The largest absolute Gasteiger partial charge is 0.394 e. The first-order chi connectivity index (χ1) is 16.1. The van der Waals surface area contributed by atoms with Gasteiger partial charge in [-0.3, -0.25) is 9.48 Å². The first-order valence-electron chi connectivity index (χ1n) is 11.2. The third kappa shape index (κ3) is 6.38. The summed E-state index contributed by atoms with van der Waals surface area (Å²) in [5, 5.41) is 17.8. The van der Waals surface area contributed by atoms with E-state index < -0.39 is 28.0 Å². The van der Waals surface area contributed by atoms with E-state index in [-0.39, 0.29) is 42.9 Å². The van der Waals surface area contributed by atoms with Crippen molar-refractivity contribution < 1.29 is 27.4 Å². The molecule has 2 heterocycles. The van der Waals surface area contributed by atoms with Gasteiger partial charge in [0.2, 0.25) is 15.9 Å². The van der Waals surface area contributed by atoms with Gasteiger partial charge in [0.15, 0.2) is 0 Å². The summed E-state index contributed by atoms with van der Waals surface area (Å²) in [6, 6.07) is 4.25. The van der Waals surface area contributed by atoms with Crippen LogP contribution in [0, 0.1) is 11.7 Å². The molecule has 1 N–H and O–H groups in total. The van der Waals surface area contributed by atoms with Crippen LogP contribution in [0.5, 0.6) is 0 Å². The molecular formula is C22H32FN5O5S. The number of amides is 1. The predicted octanol–water partition coefficient (Wildman–Crippen LogP) is 1.26. The number of aliphatic hydroxyl groups is 1. The highest BCUT2D eigenvalue weighted by Gasteiger charge is 2.31. The standard InChI is InChI=1S/C22H32FN5O5S/c1-16-11-28(17(2)14-29)22(30)5-4-10-27-12-19(24-25-27)15-33-21(16)13-26(3)34(31,32)20-8-6-18(23)7-9-20/h6-9,12,16-17,21,29H,4-5,10-11,13-15H2,1-3H3/t16-,17+,21-/m1/s1. The van der Waals surface area contributed by atoms with Crippen molar-refractivity contribution >= 4 is 15.9 Å². The lowest BCUT2D eigenvalue weighted by Gasteiger charge is -2.35. The minimum Gasteiger partial charge on any atom is -0.394 e. The minimum absolute atomic E-state index is 0.00451. The summed E-state index contributed by atoms with van der Waals surface area (Å²) in [7, 11) is -2.45. The maximum absolute atomic E-state index is 13.3. The number of likely N-dealkylation sites (N-methyl/N-ethyl adjacent to an activating group) is 1. The molecule has 2 bridgehead atoms. The van der Waals surface area contributed by atoms with Crippen molar-refractivity contribution in [2.75, 3.05) is 26.7 Å². The number of ether oxygens (including phenoxy) is 1. The highest BCUT2D eigenvalue weighted by Crippen LogP contribution is 2.21. The molecule has 0 saturated carbocycles. The smallest absolute Gasteiger partial charge is 0.242 e. The van der Waals surface area contributed by atoms with Gasteiger partial charge in [-0.1, -0.05) is 12.1 Å². The van der Waals surface area contributed by atoms with Gasteiger partial charge in [0.1, 0.15) is 11.5 Å². The molecule has 188 valence electrons. The average molecular weight is 498 g/mol. The van der Waals surface area contributed by atoms with Gasteiger partial charge in [0.25, 0.3) is 0 Å². The number of sulfonamides is 1. The summed E-state index contributed by atoms with van der Waals surface area (Å²) in [4.78, 5) is 14.5. The van der Waals surface area contributed by atoms with Gasteiger partial charge in [-0.05, 0) is 37.6 Å². The van der Waals surface area contributed by atoms with E-state index >= 15 is 0 Å². The highest BCUT2D eigenvalue weighted by atomic mass is 32.2. The molecule has 1 aromatic heterocycles. The lowest BCUT2D eigenvalue weighted by atomic mass is 10.0. The molecule has 0 unspecified atom stereocenters. The monoisotopic (exact) mass is 497 g/mol. The predicted molar refractivity (Wildman–Crippen MR) is 121 cm³/mol. The van der Waals surface area contributed by atoms with E-state index in [0.717, 1.165) is 16.4 Å². The molecule has 0 fully saturated rings. The van der Waals surface area contributed by atoms with Crippen molar-refractivity contribution in [1.29, 1.82) is 0 Å². The van der Waals surface area contributed by atoms with E-state index in [1.165, 1.54) is 19.2 Å². The number of carbonyl (C=O) groups is 1. The summed E-state index contributed by atoms with van der Waals surface area (Å²) in [6.45, 7) is 4.41. The minimum atomic E-state index is -3.89. The Kier molecular flexibility index (Phi) is 8.74. The van der Waals surface area contributed by atoms with Gasteiger partial charge in [-0.15, -0.1) is 5.10 Å². The average Bonchev–Trinajstić information content (AvgIpc) is 3.26. The Morgan fingerprint density at radius 2 is 2.03 bits per heavy atom.